The second-order valence-corrected chi connectivity index (χ2v) is 11.0. The first-order valence-corrected chi connectivity index (χ1v) is 12.9. The molecule has 1 aliphatic rings. The number of carbonyl (C=O) groups excluding carboxylic acids is 3. The topological polar surface area (TPSA) is 96.8 Å². The Morgan fingerprint density at radius 3 is 2.24 bits per heavy atom. The minimum Gasteiger partial charge on any atom is -0.507 e. The lowest BCUT2D eigenvalue weighted by Crippen LogP contribution is -2.29. The summed E-state index contributed by atoms with van der Waals surface area (Å²) < 4.78 is 5.13. The molecule has 2 heterocycles. The van der Waals surface area contributed by atoms with Crippen LogP contribution in [0, 0.1) is 13.8 Å². The summed E-state index contributed by atoms with van der Waals surface area (Å²) >= 11 is 0.991. The number of aromatic nitrogens is 1. The zero-order valence-corrected chi connectivity index (χ0v) is 22.6. The summed E-state index contributed by atoms with van der Waals surface area (Å²) in [6.07, 6.45) is 0. The van der Waals surface area contributed by atoms with Gasteiger partial charge in [0.1, 0.15) is 10.6 Å². The molecule has 4 rings (SSSR count). The van der Waals surface area contributed by atoms with Crippen LogP contribution in [0.3, 0.4) is 0 Å². The Hall–Kier alpha value is -3.78. The van der Waals surface area contributed by atoms with Crippen LogP contribution < -0.4 is 4.90 Å². The summed E-state index contributed by atoms with van der Waals surface area (Å²) in [7, 11) is 0. The molecule has 3 aromatic rings. The van der Waals surface area contributed by atoms with E-state index in [4.69, 9.17) is 4.74 Å². The van der Waals surface area contributed by atoms with E-state index in [1.807, 2.05) is 43.3 Å². The Kier molecular flexibility index (Phi) is 7.06. The van der Waals surface area contributed by atoms with Gasteiger partial charge < -0.3 is 9.84 Å². The first-order valence-electron chi connectivity index (χ1n) is 12.1. The van der Waals surface area contributed by atoms with Crippen molar-refractivity contribution in [1.82, 2.24) is 4.98 Å². The van der Waals surface area contributed by atoms with Gasteiger partial charge in [-0.25, -0.2) is 9.78 Å². The monoisotopic (exact) mass is 518 g/mol. The van der Waals surface area contributed by atoms with Crippen LogP contribution in [0.4, 0.5) is 5.13 Å². The third kappa shape index (κ3) is 4.93. The lowest BCUT2D eigenvalue weighted by atomic mass is 9.85. The van der Waals surface area contributed by atoms with Gasteiger partial charge in [0.15, 0.2) is 5.13 Å². The standard InChI is InChI=1S/C29H30N2O5S/c1-7-36-27(35)25-17(3)30-28(37-25)31-22(18-12-14-20(15-13-18)29(4,5)6)21(24(33)26(31)34)23(32)19-10-8-16(2)9-11-19/h8-15,22,32H,7H2,1-6H3. The van der Waals surface area contributed by atoms with E-state index in [9.17, 15) is 19.5 Å². The van der Waals surface area contributed by atoms with Crippen LogP contribution in [0.25, 0.3) is 5.76 Å². The maximum absolute atomic E-state index is 13.4. The van der Waals surface area contributed by atoms with E-state index in [2.05, 4.69) is 25.8 Å². The van der Waals surface area contributed by atoms with Gasteiger partial charge in [0.05, 0.1) is 23.9 Å². The van der Waals surface area contributed by atoms with Crippen LogP contribution in [-0.4, -0.2) is 34.4 Å². The van der Waals surface area contributed by atoms with E-state index >= 15 is 0 Å². The molecule has 2 aromatic carbocycles. The molecular weight excluding hydrogens is 488 g/mol. The van der Waals surface area contributed by atoms with Crippen LogP contribution in [0.15, 0.2) is 54.1 Å². The quantitative estimate of drug-likeness (QED) is 0.197. The predicted molar refractivity (Wildman–Crippen MR) is 144 cm³/mol. The fourth-order valence-electron chi connectivity index (χ4n) is 4.25. The summed E-state index contributed by atoms with van der Waals surface area (Å²) in [6.45, 7) is 11.8. The molecule has 1 amide bonds. The molecular formula is C29H30N2O5S. The maximum Gasteiger partial charge on any atom is 0.350 e. The Morgan fingerprint density at radius 2 is 1.68 bits per heavy atom. The number of benzene rings is 2. The number of ketones is 1. The van der Waals surface area contributed by atoms with Crippen LogP contribution in [0.1, 0.15) is 71.4 Å². The summed E-state index contributed by atoms with van der Waals surface area (Å²) in [5.41, 5.74) is 3.44. The van der Waals surface area contributed by atoms with Crippen LogP contribution in [0.2, 0.25) is 0 Å². The van der Waals surface area contributed by atoms with E-state index in [0.29, 0.717) is 16.8 Å². The number of carbonyl (C=O) groups is 3. The lowest BCUT2D eigenvalue weighted by molar-refractivity contribution is -0.132. The number of rotatable bonds is 5. The normalized spacial score (nSPS) is 17.4. The van der Waals surface area contributed by atoms with E-state index < -0.39 is 23.7 Å². The molecule has 0 radical (unpaired) electrons. The average Bonchev–Trinajstić information content (AvgIpc) is 3.35. The van der Waals surface area contributed by atoms with Gasteiger partial charge in [-0.05, 0) is 37.3 Å². The number of aryl methyl sites for hydroxylation is 2. The number of thiazole rings is 1. The van der Waals surface area contributed by atoms with Crippen molar-refractivity contribution >= 4 is 39.9 Å². The highest BCUT2D eigenvalue weighted by Crippen LogP contribution is 2.44. The molecule has 0 aliphatic carbocycles. The number of hydrogen-bond donors (Lipinski definition) is 1. The van der Waals surface area contributed by atoms with Gasteiger partial charge in [-0.1, -0.05) is 86.2 Å². The fraction of sp³-hybridized carbons (Fsp3) is 0.310. The second kappa shape index (κ2) is 9.94. The number of esters is 1. The molecule has 1 saturated heterocycles. The predicted octanol–water partition coefficient (Wildman–Crippen LogP) is 5.86. The molecule has 1 aromatic heterocycles. The molecule has 0 spiro atoms. The number of nitrogens with zero attached hydrogens (tertiary/aromatic N) is 2. The van der Waals surface area contributed by atoms with Gasteiger partial charge in [-0.3, -0.25) is 14.5 Å². The van der Waals surface area contributed by atoms with Crippen LogP contribution >= 0.6 is 11.3 Å². The average molecular weight is 519 g/mol. The fourth-order valence-corrected chi connectivity index (χ4v) is 5.24. The molecule has 1 unspecified atom stereocenters. The van der Waals surface area contributed by atoms with Crippen molar-refractivity contribution in [1.29, 1.82) is 0 Å². The van der Waals surface area contributed by atoms with E-state index in [-0.39, 0.29) is 33.4 Å². The number of amides is 1. The zero-order chi connectivity index (χ0) is 27.1. The largest absolute Gasteiger partial charge is 0.507 e. The Balaban J connectivity index is 1.91. The van der Waals surface area contributed by atoms with Gasteiger partial charge in [0, 0.05) is 5.56 Å². The molecule has 192 valence electrons. The number of aliphatic hydroxyl groups excluding tert-OH is 1. The SMILES string of the molecule is CCOC(=O)c1sc(N2C(=O)C(=O)C(=C(O)c3ccc(C)cc3)C2c2ccc(C(C)(C)C)cc2)nc1C. The number of Topliss-reactive ketones (excluding diaryl/α,β-unsaturated/α-hetero) is 1. The minimum absolute atomic E-state index is 0.0251. The Labute approximate surface area is 220 Å². The van der Waals surface area contributed by atoms with E-state index in [1.54, 1.807) is 26.0 Å². The summed E-state index contributed by atoms with van der Waals surface area (Å²) in [4.78, 5) is 45.2. The molecule has 8 heteroatoms. The lowest BCUT2D eigenvalue weighted by Gasteiger charge is -2.24. The minimum atomic E-state index is -0.920. The molecule has 1 atom stereocenters. The van der Waals surface area contributed by atoms with Crippen molar-refractivity contribution in [3.63, 3.8) is 0 Å². The highest BCUT2D eigenvalue weighted by molar-refractivity contribution is 7.17. The third-order valence-electron chi connectivity index (χ3n) is 6.31. The van der Waals surface area contributed by atoms with Gasteiger partial charge in [-0.2, -0.15) is 0 Å². The van der Waals surface area contributed by atoms with Crippen LogP contribution in [-0.2, 0) is 19.7 Å². The summed E-state index contributed by atoms with van der Waals surface area (Å²) in [5.74, 6) is -2.42. The van der Waals surface area contributed by atoms with Gasteiger partial charge in [0.25, 0.3) is 5.78 Å². The Bertz CT molecular complexity index is 1400. The molecule has 7 nitrogen and oxygen atoms in total. The van der Waals surface area contributed by atoms with Crippen molar-refractivity contribution in [2.75, 3.05) is 11.5 Å². The number of anilines is 1. The molecule has 0 bridgehead atoms. The molecule has 1 fully saturated rings. The number of aliphatic hydroxyl groups is 1. The zero-order valence-electron chi connectivity index (χ0n) is 21.8. The van der Waals surface area contributed by atoms with Gasteiger partial charge in [-0.15, -0.1) is 0 Å². The van der Waals surface area contributed by atoms with Crippen molar-refractivity contribution in [3.8, 4) is 0 Å². The molecule has 0 saturated carbocycles. The third-order valence-corrected chi connectivity index (χ3v) is 7.45. The molecule has 1 aliphatic heterocycles. The summed E-state index contributed by atoms with van der Waals surface area (Å²) in [6, 6.07) is 13.8. The first kappa shape index (κ1) is 26.3. The van der Waals surface area contributed by atoms with Crippen molar-refractivity contribution in [2.45, 2.75) is 53.0 Å². The van der Waals surface area contributed by atoms with Gasteiger partial charge in [0.2, 0.25) is 0 Å². The van der Waals surface area contributed by atoms with E-state index in [0.717, 1.165) is 22.5 Å². The molecule has 1 N–H and O–H groups in total. The second-order valence-electron chi connectivity index (χ2n) is 10.0. The van der Waals surface area contributed by atoms with Gasteiger partial charge >= 0.3 is 11.9 Å². The summed E-state index contributed by atoms with van der Waals surface area (Å²) in [5, 5.41) is 11.5. The Morgan fingerprint density at radius 1 is 1.05 bits per heavy atom. The highest BCUT2D eigenvalue weighted by atomic mass is 32.1. The number of hydrogen-bond acceptors (Lipinski definition) is 7. The highest BCUT2D eigenvalue weighted by Gasteiger charge is 2.48. The number of ether oxygens (including phenoxy) is 1. The van der Waals surface area contributed by atoms with E-state index in [1.165, 1.54) is 4.90 Å². The maximum atomic E-state index is 13.4. The smallest absolute Gasteiger partial charge is 0.350 e. The van der Waals surface area contributed by atoms with Crippen molar-refractivity contribution in [2.24, 2.45) is 0 Å². The van der Waals surface area contributed by atoms with Crippen LogP contribution in [0.5, 0.6) is 0 Å². The van der Waals surface area contributed by atoms with Crippen molar-refractivity contribution < 1.29 is 24.2 Å². The molecule has 37 heavy (non-hydrogen) atoms. The van der Waals surface area contributed by atoms with Crippen molar-refractivity contribution in [3.05, 3.63) is 86.9 Å². The first-order chi connectivity index (χ1) is 17.4.